The van der Waals surface area contributed by atoms with E-state index in [1.165, 1.54) is 31.0 Å². The molecule has 0 aliphatic heterocycles. The van der Waals surface area contributed by atoms with Crippen LogP contribution in [-0.2, 0) is 4.79 Å². The predicted molar refractivity (Wildman–Crippen MR) is 87.8 cm³/mol. The van der Waals surface area contributed by atoms with Crippen LogP contribution >= 0.6 is 11.8 Å². The first kappa shape index (κ1) is 17.2. The predicted octanol–water partition coefficient (Wildman–Crippen LogP) is 2.92. The number of hydrogen-bond acceptors (Lipinski definition) is 5. The number of rotatable bonds is 6. The number of amides is 1. The van der Waals surface area contributed by atoms with Gasteiger partial charge in [-0.3, -0.25) is 4.79 Å². The molecule has 2 rings (SSSR count). The molecular weight excluding hydrogens is 298 g/mol. The molecule has 22 heavy (non-hydrogen) atoms. The summed E-state index contributed by atoms with van der Waals surface area (Å²) >= 11 is 1.46. The van der Waals surface area contributed by atoms with Crippen molar-refractivity contribution < 1.29 is 4.79 Å². The molecule has 0 bridgehead atoms. The second-order valence-corrected chi connectivity index (χ2v) is 7.48. The minimum atomic E-state index is -0.162. The zero-order valence-corrected chi connectivity index (χ0v) is 14.8. The quantitative estimate of drug-likeness (QED) is 0.753. The van der Waals surface area contributed by atoms with E-state index in [1.807, 2.05) is 20.8 Å². The maximum Gasteiger partial charge on any atom is 0.236 e. The van der Waals surface area contributed by atoms with E-state index in [0.29, 0.717) is 6.04 Å². The van der Waals surface area contributed by atoms with Gasteiger partial charge in [0.1, 0.15) is 0 Å². The molecule has 1 aromatic heterocycles. The highest BCUT2D eigenvalue weighted by atomic mass is 32.2. The fraction of sp³-hybridized carbons (Fsp3) is 0.867. The summed E-state index contributed by atoms with van der Waals surface area (Å²) in [4.78, 5) is 14.9. The van der Waals surface area contributed by atoms with Crippen LogP contribution in [0.1, 0.15) is 65.8 Å². The summed E-state index contributed by atoms with van der Waals surface area (Å²) in [5.41, 5.74) is 0. The van der Waals surface area contributed by atoms with Gasteiger partial charge in [-0.05, 0) is 51.0 Å². The van der Waals surface area contributed by atoms with Crippen LogP contribution in [0.5, 0.6) is 0 Å². The van der Waals surface area contributed by atoms with Crippen molar-refractivity contribution in [2.75, 3.05) is 6.54 Å². The molecule has 7 heteroatoms. The molecule has 0 radical (unpaired) electrons. The molecular formula is C15H27N5OS. The van der Waals surface area contributed by atoms with Gasteiger partial charge in [-0.25, -0.2) is 4.68 Å². The van der Waals surface area contributed by atoms with E-state index in [0.717, 1.165) is 24.5 Å². The highest BCUT2D eigenvalue weighted by Crippen LogP contribution is 2.27. The Morgan fingerprint density at radius 2 is 2.00 bits per heavy atom. The number of nitrogens with zero attached hydrogens (tertiary/aromatic N) is 5. The van der Waals surface area contributed by atoms with E-state index in [2.05, 4.69) is 27.3 Å². The molecule has 124 valence electrons. The van der Waals surface area contributed by atoms with E-state index >= 15 is 0 Å². The molecule has 1 aliphatic carbocycles. The van der Waals surface area contributed by atoms with Gasteiger partial charge in [0, 0.05) is 12.6 Å². The van der Waals surface area contributed by atoms with Gasteiger partial charge in [0.15, 0.2) is 0 Å². The zero-order chi connectivity index (χ0) is 16.1. The lowest BCUT2D eigenvalue weighted by Crippen LogP contribution is -2.44. The Kier molecular flexibility index (Phi) is 6.23. The Balaban J connectivity index is 2.02. The van der Waals surface area contributed by atoms with Gasteiger partial charge in [0.25, 0.3) is 0 Å². The third-order valence-electron chi connectivity index (χ3n) is 4.22. The third kappa shape index (κ3) is 4.00. The minimum Gasteiger partial charge on any atom is -0.339 e. The molecule has 0 N–H and O–H groups in total. The number of thioether (sulfide) groups is 1. The fourth-order valence-electron chi connectivity index (χ4n) is 3.02. The highest BCUT2D eigenvalue weighted by Gasteiger charge is 2.29. The SMILES string of the molecule is CCN(C(=O)C(C)Sc1nnnn1C(C)C)C1CCCCC1. The average molecular weight is 325 g/mol. The molecule has 0 aromatic carbocycles. The number of carbonyl (C=O) groups excluding carboxylic acids is 1. The van der Waals surface area contributed by atoms with Crippen molar-refractivity contribution >= 4 is 17.7 Å². The van der Waals surface area contributed by atoms with E-state index in [9.17, 15) is 4.79 Å². The Bertz CT molecular complexity index is 484. The highest BCUT2D eigenvalue weighted by molar-refractivity contribution is 8.00. The number of carbonyl (C=O) groups is 1. The van der Waals surface area contributed by atoms with E-state index < -0.39 is 0 Å². The minimum absolute atomic E-state index is 0.162. The molecule has 0 spiro atoms. The van der Waals surface area contributed by atoms with Gasteiger partial charge >= 0.3 is 0 Å². The van der Waals surface area contributed by atoms with Gasteiger partial charge in [-0.1, -0.05) is 31.0 Å². The third-order valence-corrected chi connectivity index (χ3v) is 5.26. The van der Waals surface area contributed by atoms with Crippen LogP contribution in [0.25, 0.3) is 0 Å². The van der Waals surface area contributed by atoms with Crippen molar-refractivity contribution in [3.8, 4) is 0 Å². The van der Waals surface area contributed by atoms with Gasteiger partial charge in [0.05, 0.1) is 11.3 Å². The Hall–Kier alpha value is -1.11. The van der Waals surface area contributed by atoms with E-state index in [1.54, 1.807) is 4.68 Å². The average Bonchev–Trinajstić information content (AvgIpc) is 2.97. The molecule has 1 saturated carbocycles. The lowest BCUT2D eigenvalue weighted by atomic mass is 9.94. The van der Waals surface area contributed by atoms with Crippen LogP contribution in [0.4, 0.5) is 0 Å². The Labute approximate surface area is 137 Å². The summed E-state index contributed by atoms with van der Waals surface area (Å²) < 4.78 is 1.77. The molecule has 1 aliphatic rings. The number of hydrogen-bond donors (Lipinski definition) is 0. The van der Waals surface area contributed by atoms with Crippen molar-refractivity contribution in [1.29, 1.82) is 0 Å². The molecule has 0 saturated heterocycles. The van der Waals surface area contributed by atoms with Crippen LogP contribution in [0, 0.1) is 0 Å². The second kappa shape index (κ2) is 7.94. The maximum atomic E-state index is 12.8. The molecule has 1 heterocycles. The Morgan fingerprint density at radius 1 is 1.32 bits per heavy atom. The van der Waals surface area contributed by atoms with Gasteiger partial charge in [-0.2, -0.15) is 0 Å². The number of tetrazole rings is 1. The van der Waals surface area contributed by atoms with Crippen molar-refractivity contribution in [1.82, 2.24) is 25.1 Å². The summed E-state index contributed by atoms with van der Waals surface area (Å²) in [6, 6.07) is 0.607. The van der Waals surface area contributed by atoms with Crippen LogP contribution in [0.15, 0.2) is 5.16 Å². The fourth-order valence-corrected chi connectivity index (χ4v) is 4.01. The molecule has 1 atom stereocenters. The molecule has 1 aromatic rings. The van der Waals surface area contributed by atoms with E-state index in [-0.39, 0.29) is 17.2 Å². The summed E-state index contributed by atoms with van der Waals surface area (Å²) in [6.07, 6.45) is 6.06. The summed E-state index contributed by atoms with van der Waals surface area (Å²) in [6.45, 7) is 8.88. The monoisotopic (exact) mass is 325 g/mol. The van der Waals surface area contributed by atoms with Crippen LogP contribution in [0.2, 0.25) is 0 Å². The second-order valence-electron chi connectivity index (χ2n) is 6.18. The summed E-state index contributed by atoms with van der Waals surface area (Å²) in [7, 11) is 0. The molecule has 1 unspecified atom stereocenters. The maximum absolute atomic E-state index is 12.8. The van der Waals surface area contributed by atoms with Crippen LogP contribution in [0.3, 0.4) is 0 Å². The van der Waals surface area contributed by atoms with Crippen molar-refractivity contribution in [2.24, 2.45) is 0 Å². The summed E-state index contributed by atoms with van der Waals surface area (Å²) in [5, 5.41) is 12.3. The lowest BCUT2D eigenvalue weighted by Gasteiger charge is -2.35. The normalized spacial score (nSPS) is 17.7. The van der Waals surface area contributed by atoms with Crippen molar-refractivity contribution in [3.05, 3.63) is 0 Å². The first-order chi connectivity index (χ1) is 10.5. The Morgan fingerprint density at radius 3 is 2.59 bits per heavy atom. The van der Waals surface area contributed by atoms with Crippen LogP contribution < -0.4 is 0 Å². The summed E-state index contributed by atoms with van der Waals surface area (Å²) in [5.74, 6) is 0.206. The van der Waals surface area contributed by atoms with Crippen LogP contribution in [-0.4, -0.2) is 48.9 Å². The lowest BCUT2D eigenvalue weighted by molar-refractivity contribution is -0.133. The van der Waals surface area contributed by atoms with Gasteiger partial charge in [0.2, 0.25) is 11.1 Å². The first-order valence-electron chi connectivity index (χ1n) is 8.29. The van der Waals surface area contributed by atoms with Crippen molar-refractivity contribution in [2.45, 2.75) is 82.3 Å². The van der Waals surface area contributed by atoms with Gasteiger partial charge < -0.3 is 4.90 Å². The standard InChI is InChI=1S/C15H27N5OS/c1-5-19(13-9-7-6-8-10-13)14(21)12(4)22-15-16-17-18-20(15)11(2)3/h11-13H,5-10H2,1-4H3. The van der Waals surface area contributed by atoms with Crippen molar-refractivity contribution in [3.63, 3.8) is 0 Å². The smallest absolute Gasteiger partial charge is 0.236 e. The molecule has 6 nitrogen and oxygen atoms in total. The van der Waals surface area contributed by atoms with E-state index in [4.69, 9.17) is 0 Å². The van der Waals surface area contributed by atoms with Gasteiger partial charge in [-0.15, -0.1) is 5.10 Å². The largest absolute Gasteiger partial charge is 0.339 e. The first-order valence-corrected chi connectivity index (χ1v) is 9.17. The number of aromatic nitrogens is 4. The molecule has 1 fully saturated rings. The topological polar surface area (TPSA) is 63.9 Å². The molecule has 1 amide bonds. The zero-order valence-electron chi connectivity index (χ0n) is 14.0.